The minimum atomic E-state index is 0.127. The van der Waals surface area contributed by atoms with Gasteiger partial charge < -0.3 is 11.1 Å². The van der Waals surface area contributed by atoms with Gasteiger partial charge in [0.25, 0.3) is 0 Å². The number of amides is 1. The molecule has 0 bridgehead atoms. The van der Waals surface area contributed by atoms with E-state index in [2.05, 4.69) is 26.1 Å². The van der Waals surface area contributed by atoms with Gasteiger partial charge >= 0.3 is 0 Å². The molecule has 3 nitrogen and oxygen atoms in total. The van der Waals surface area contributed by atoms with Gasteiger partial charge in [-0.3, -0.25) is 4.79 Å². The molecular formula is C14H28N2O. The summed E-state index contributed by atoms with van der Waals surface area (Å²) in [7, 11) is 0. The van der Waals surface area contributed by atoms with Gasteiger partial charge in [0.15, 0.2) is 0 Å². The highest BCUT2D eigenvalue weighted by Gasteiger charge is 2.37. The van der Waals surface area contributed by atoms with Gasteiger partial charge in [-0.05, 0) is 50.5 Å². The molecule has 1 saturated carbocycles. The van der Waals surface area contributed by atoms with Crippen LogP contribution in [0.1, 0.15) is 59.3 Å². The molecule has 1 rings (SSSR count). The number of nitrogens with two attached hydrogens (primary N) is 1. The van der Waals surface area contributed by atoms with Gasteiger partial charge in [-0.25, -0.2) is 0 Å². The summed E-state index contributed by atoms with van der Waals surface area (Å²) in [5.41, 5.74) is 5.89. The minimum Gasteiger partial charge on any atom is -0.354 e. The van der Waals surface area contributed by atoms with E-state index < -0.39 is 0 Å². The number of carbonyl (C=O) groups is 1. The first-order valence-electron chi connectivity index (χ1n) is 6.97. The maximum Gasteiger partial charge on any atom is 0.220 e. The van der Waals surface area contributed by atoms with Crippen LogP contribution in [0.2, 0.25) is 0 Å². The fourth-order valence-corrected chi connectivity index (χ4v) is 2.45. The van der Waals surface area contributed by atoms with Gasteiger partial charge in [0.2, 0.25) is 5.91 Å². The van der Waals surface area contributed by atoms with Crippen molar-refractivity contribution in [1.29, 1.82) is 0 Å². The van der Waals surface area contributed by atoms with Crippen molar-refractivity contribution in [3.8, 4) is 0 Å². The number of hydrogen-bond donors (Lipinski definition) is 2. The molecule has 0 aliphatic heterocycles. The first kappa shape index (κ1) is 14.5. The fraction of sp³-hybridized carbons (Fsp3) is 0.929. The van der Waals surface area contributed by atoms with Gasteiger partial charge in [-0.1, -0.05) is 20.3 Å². The average molecular weight is 240 g/mol. The molecular weight excluding hydrogens is 212 g/mol. The lowest BCUT2D eigenvalue weighted by molar-refractivity contribution is -0.125. The number of rotatable bonds is 7. The smallest absolute Gasteiger partial charge is 0.220 e. The van der Waals surface area contributed by atoms with Crippen LogP contribution in [0.3, 0.4) is 0 Å². The molecule has 17 heavy (non-hydrogen) atoms. The third kappa shape index (κ3) is 4.66. The molecule has 0 aromatic heterocycles. The summed E-state index contributed by atoms with van der Waals surface area (Å²) < 4.78 is 0. The van der Waals surface area contributed by atoms with Crippen LogP contribution in [0.4, 0.5) is 0 Å². The molecule has 0 spiro atoms. The minimum absolute atomic E-state index is 0.127. The molecule has 3 heteroatoms. The Balaban J connectivity index is 2.24. The van der Waals surface area contributed by atoms with Crippen molar-refractivity contribution in [3.63, 3.8) is 0 Å². The van der Waals surface area contributed by atoms with Gasteiger partial charge in [0, 0.05) is 12.5 Å². The topological polar surface area (TPSA) is 55.1 Å². The molecule has 0 radical (unpaired) electrons. The molecule has 100 valence electrons. The van der Waals surface area contributed by atoms with E-state index in [-0.39, 0.29) is 11.3 Å². The van der Waals surface area contributed by atoms with Crippen molar-refractivity contribution in [3.05, 3.63) is 0 Å². The first-order valence-corrected chi connectivity index (χ1v) is 6.97. The second-order valence-electron chi connectivity index (χ2n) is 6.17. The van der Waals surface area contributed by atoms with Gasteiger partial charge in [0.05, 0.1) is 0 Å². The van der Waals surface area contributed by atoms with Crippen molar-refractivity contribution in [1.82, 2.24) is 5.32 Å². The van der Waals surface area contributed by atoms with E-state index >= 15 is 0 Å². The average Bonchev–Trinajstić information content (AvgIpc) is 2.20. The van der Waals surface area contributed by atoms with E-state index in [1.165, 1.54) is 12.8 Å². The van der Waals surface area contributed by atoms with Gasteiger partial charge in [-0.2, -0.15) is 0 Å². The molecule has 1 unspecified atom stereocenters. The SMILES string of the molecule is CC(C)CCC(C)NC(=O)CC1(CN)CCC1. The lowest BCUT2D eigenvalue weighted by Gasteiger charge is -2.40. The fourth-order valence-electron chi connectivity index (χ4n) is 2.45. The van der Waals surface area contributed by atoms with Gasteiger partial charge in [0.1, 0.15) is 0 Å². The standard InChI is InChI=1S/C14H28N2O/c1-11(2)5-6-12(3)16-13(17)9-14(10-15)7-4-8-14/h11-12H,4-10,15H2,1-3H3,(H,16,17). The highest BCUT2D eigenvalue weighted by atomic mass is 16.1. The second kappa shape index (κ2) is 6.39. The molecule has 3 N–H and O–H groups in total. The zero-order valence-electron chi connectivity index (χ0n) is 11.6. The van der Waals surface area contributed by atoms with Crippen molar-refractivity contribution in [2.24, 2.45) is 17.1 Å². The van der Waals surface area contributed by atoms with Crippen molar-refractivity contribution in [2.75, 3.05) is 6.54 Å². The van der Waals surface area contributed by atoms with Crippen LogP contribution in [-0.2, 0) is 4.79 Å². The number of nitrogens with one attached hydrogen (secondary N) is 1. The second-order valence-corrected chi connectivity index (χ2v) is 6.17. The Morgan fingerprint density at radius 3 is 2.35 bits per heavy atom. The van der Waals surface area contributed by atoms with Crippen LogP contribution in [0.15, 0.2) is 0 Å². The van der Waals surface area contributed by atoms with Crippen LogP contribution in [0, 0.1) is 11.3 Å². The predicted octanol–water partition coefficient (Wildman–Crippen LogP) is 2.45. The van der Waals surface area contributed by atoms with E-state index in [4.69, 9.17) is 5.73 Å². The van der Waals surface area contributed by atoms with E-state index in [1.54, 1.807) is 0 Å². The zero-order chi connectivity index (χ0) is 12.9. The highest BCUT2D eigenvalue weighted by Crippen LogP contribution is 2.42. The molecule has 1 aliphatic rings. The molecule has 0 aromatic rings. The Labute approximate surface area is 106 Å². The van der Waals surface area contributed by atoms with Crippen molar-refractivity contribution in [2.45, 2.75) is 65.3 Å². The largest absolute Gasteiger partial charge is 0.354 e. The first-order chi connectivity index (χ1) is 7.97. The van der Waals surface area contributed by atoms with Crippen LogP contribution in [0.25, 0.3) is 0 Å². The van der Waals surface area contributed by atoms with Crippen LogP contribution in [-0.4, -0.2) is 18.5 Å². The lowest BCUT2D eigenvalue weighted by Crippen LogP contribution is -2.43. The Hall–Kier alpha value is -0.570. The maximum atomic E-state index is 11.9. The van der Waals surface area contributed by atoms with Crippen molar-refractivity contribution >= 4 is 5.91 Å². The monoisotopic (exact) mass is 240 g/mol. The summed E-state index contributed by atoms with van der Waals surface area (Å²) in [6.07, 6.45) is 6.33. The Morgan fingerprint density at radius 2 is 1.94 bits per heavy atom. The van der Waals surface area contributed by atoms with Gasteiger partial charge in [-0.15, -0.1) is 0 Å². The van der Waals surface area contributed by atoms with E-state index in [9.17, 15) is 4.79 Å². The van der Waals surface area contributed by atoms with E-state index in [0.717, 1.165) is 19.3 Å². The molecule has 0 heterocycles. The summed E-state index contributed by atoms with van der Waals surface area (Å²) in [5, 5.41) is 3.10. The van der Waals surface area contributed by atoms with E-state index in [1.807, 2.05) is 0 Å². The van der Waals surface area contributed by atoms with Crippen LogP contribution < -0.4 is 11.1 Å². The van der Waals surface area contributed by atoms with E-state index in [0.29, 0.717) is 24.9 Å². The van der Waals surface area contributed by atoms with Crippen LogP contribution in [0.5, 0.6) is 0 Å². The summed E-state index contributed by atoms with van der Waals surface area (Å²) in [5.74, 6) is 0.891. The maximum absolute atomic E-state index is 11.9. The van der Waals surface area contributed by atoms with Crippen LogP contribution >= 0.6 is 0 Å². The summed E-state index contributed by atoms with van der Waals surface area (Å²) in [6, 6.07) is 0.291. The Bertz CT molecular complexity index is 241. The number of hydrogen-bond acceptors (Lipinski definition) is 2. The molecule has 1 amide bonds. The molecule has 1 fully saturated rings. The summed E-state index contributed by atoms with van der Waals surface area (Å²) in [6.45, 7) is 7.18. The Kier molecular flexibility index (Phi) is 5.44. The molecule has 1 atom stereocenters. The molecule has 1 aliphatic carbocycles. The predicted molar refractivity (Wildman–Crippen MR) is 71.6 cm³/mol. The molecule has 0 aromatic carbocycles. The summed E-state index contributed by atoms with van der Waals surface area (Å²) >= 11 is 0. The highest BCUT2D eigenvalue weighted by molar-refractivity contribution is 5.77. The number of carbonyl (C=O) groups excluding carboxylic acids is 1. The quantitative estimate of drug-likeness (QED) is 0.718. The van der Waals surface area contributed by atoms with Crippen molar-refractivity contribution < 1.29 is 4.79 Å². The third-order valence-electron chi connectivity index (χ3n) is 3.97. The zero-order valence-corrected chi connectivity index (χ0v) is 11.6. The Morgan fingerprint density at radius 1 is 1.29 bits per heavy atom. The lowest BCUT2D eigenvalue weighted by atomic mass is 9.66. The third-order valence-corrected chi connectivity index (χ3v) is 3.97. The summed E-state index contributed by atoms with van der Waals surface area (Å²) in [4.78, 5) is 11.9. The normalized spacial score (nSPS) is 19.8. The molecule has 0 saturated heterocycles.